The number of nitrogens with zero attached hydrogens (tertiary/aromatic N) is 1. The summed E-state index contributed by atoms with van der Waals surface area (Å²) in [6.07, 6.45) is -2.17. The number of ether oxygens (including phenoxy) is 1. The fourth-order valence-corrected chi connectivity index (χ4v) is 3.60. The number of likely N-dealkylation sites (tertiary alicyclic amines) is 1. The van der Waals surface area contributed by atoms with Gasteiger partial charge < -0.3 is 15.4 Å². The summed E-state index contributed by atoms with van der Waals surface area (Å²) in [5.74, 6) is 0.498. The van der Waals surface area contributed by atoms with E-state index in [0.29, 0.717) is 6.54 Å². The van der Waals surface area contributed by atoms with Crippen LogP contribution in [-0.2, 0) is 11.0 Å². The van der Waals surface area contributed by atoms with Crippen molar-refractivity contribution in [2.24, 2.45) is 0 Å². The number of anilines is 1. The summed E-state index contributed by atoms with van der Waals surface area (Å²) >= 11 is 0. The first-order chi connectivity index (χ1) is 14.4. The molecule has 1 unspecified atom stereocenters. The molecule has 1 fully saturated rings. The lowest BCUT2D eigenvalue weighted by atomic mass is 10.1. The van der Waals surface area contributed by atoms with Crippen LogP contribution in [0.2, 0.25) is 0 Å². The van der Waals surface area contributed by atoms with Crippen LogP contribution in [0, 0.1) is 0 Å². The Kier molecular flexibility index (Phi) is 7.20. The maximum atomic E-state index is 12.8. The normalized spacial score (nSPS) is 15.6. The molecule has 1 saturated heterocycles. The quantitative estimate of drug-likeness (QED) is 0.675. The molecule has 2 aromatic rings. The standard InChI is InChI=1S/C22H26F3N3O2/c1-30-19-9-7-16(8-10-19)20(28-11-2-3-12-28)14-27-21(29)15-26-18-6-4-5-17(13-18)22(23,24)25/h4-10,13,20,26H,2-3,11-12,14-15H2,1H3,(H,27,29). The van der Waals surface area contributed by atoms with Gasteiger partial charge in [0.15, 0.2) is 0 Å². The van der Waals surface area contributed by atoms with Crippen LogP contribution in [0.4, 0.5) is 18.9 Å². The van der Waals surface area contributed by atoms with Crippen molar-refractivity contribution >= 4 is 11.6 Å². The molecule has 0 aromatic heterocycles. The van der Waals surface area contributed by atoms with Crippen molar-refractivity contribution < 1.29 is 22.7 Å². The van der Waals surface area contributed by atoms with Crippen molar-refractivity contribution in [2.45, 2.75) is 25.1 Å². The molecule has 1 amide bonds. The molecule has 1 heterocycles. The molecule has 30 heavy (non-hydrogen) atoms. The van der Waals surface area contributed by atoms with Gasteiger partial charge in [0.1, 0.15) is 5.75 Å². The second kappa shape index (κ2) is 9.84. The summed E-state index contributed by atoms with van der Waals surface area (Å²) in [7, 11) is 1.62. The number of hydrogen-bond acceptors (Lipinski definition) is 4. The number of benzene rings is 2. The lowest BCUT2D eigenvalue weighted by Crippen LogP contribution is -2.38. The van der Waals surface area contributed by atoms with Gasteiger partial charge in [0.2, 0.25) is 5.91 Å². The first kappa shape index (κ1) is 22.0. The van der Waals surface area contributed by atoms with Crippen LogP contribution in [0.1, 0.15) is 30.0 Å². The van der Waals surface area contributed by atoms with E-state index in [4.69, 9.17) is 4.74 Å². The molecule has 0 aliphatic carbocycles. The fraction of sp³-hybridized carbons (Fsp3) is 0.409. The number of carbonyl (C=O) groups excluding carboxylic acids is 1. The lowest BCUT2D eigenvalue weighted by molar-refractivity contribution is -0.137. The Morgan fingerprint density at radius 1 is 1.13 bits per heavy atom. The molecule has 1 atom stereocenters. The van der Waals surface area contributed by atoms with Crippen molar-refractivity contribution in [3.8, 4) is 5.75 Å². The Hall–Kier alpha value is -2.74. The van der Waals surface area contributed by atoms with E-state index >= 15 is 0 Å². The number of nitrogens with one attached hydrogen (secondary N) is 2. The SMILES string of the molecule is COc1ccc(C(CNC(=O)CNc2cccc(C(F)(F)F)c2)N2CCCC2)cc1. The Morgan fingerprint density at radius 2 is 1.83 bits per heavy atom. The number of alkyl halides is 3. The number of methoxy groups -OCH3 is 1. The van der Waals surface area contributed by atoms with Crippen LogP contribution >= 0.6 is 0 Å². The molecular weight excluding hydrogens is 395 g/mol. The zero-order chi connectivity index (χ0) is 21.6. The maximum Gasteiger partial charge on any atom is 0.416 e. The van der Waals surface area contributed by atoms with Crippen molar-refractivity contribution in [1.29, 1.82) is 0 Å². The summed E-state index contributed by atoms with van der Waals surface area (Å²) in [6, 6.07) is 12.6. The highest BCUT2D eigenvalue weighted by Gasteiger charge is 2.30. The monoisotopic (exact) mass is 421 g/mol. The molecule has 0 spiro atoms. The molecule has 0 bridgehead atoms. The van der Waals surface area contributed by atoms with Gasteiger partial charge in [0, 0.05) is 12.2 Å². The minimum Gasteiger partial charge on any atom is -0.497 e. The highest BCUT2D eigenvalue weighted by atomic mass is 19.4. The zero-order valence-electron chi connectivity index (χ0n) is 16.8. The minimum atomic E-state index is -4.42. The van der Waals surface area contributed by atoms with E-state index in [1.165, 1.54) is 12.1 Å². The average molecular weight is 421 g/mol. The van der Waals surface area contributed by atoms with Gasteiger partial charge in [-0.05, 0) is 61.8 Å². The molecular formula is C22H26F3N3O2. The summed E-state index contributed by atoms with van der Waals surface area (Å²) in [4.78, 5) is 14.7. The first-order valence-corrected chi connectivity index (χ1v) is 9.92. The molecule has 0 radical (unpaired) electrons. The van der Waals surface area contributed by atoms with E-state index in [1.807, 2.05) is 24.3 Å². The zero-order valence-corrected chi connectivity index (χ0v) is 16.8. The first-order valence-electron chi connectivity index (χ1n) is 9.92. The molecule has 8 heteroatoms. The molecule has 2 N–H and O–H groups in total. The van der Waals surface area contributed by atoms with E-state index in [9.17, 15) is 18.0 Å². The average Bonchev–Trinajstić information content (AvgIpc) is 3.27. The van der Waals surface area contributed by atoms with E-state index in [0.717, 1.165) is 49.4 Å². The summed E-state index contributed by atoms with van der Waals surface area (Å²) in [5.41, 5.74) is 0.594. The van der Waals surface area contributed by atoms with E-state index < -0.39 is 11.7 Å². The van der Waals surface area contributed by atoms with Gasteiger partial charge in [-0.25, -0.2) is 0 Å². The van der Waals surface area contributed by atoms with Crippen molar-refractivity contribution in [1.82, 2.24) is 10.2 Å². The number of carbonyl (C=O) groups is 1. The van der Waals surface area contributed by atoms with Gasteiger partial charge >= 0.3 is 6.18 Å². The van der Waals surface area contributed by atoms with Crippen molar-refractivity contribution in [3.63, 3.8) is 0 Å². The smallest absolute Gasteiger partial charge is 0.416 e. The Bertz CT molecular complexity index is 834. The largest absolute Gasteiger partial charge is 0.497 e. The van der Waals surface area contributed by atoms with E-state index in [-0.39, 0.29) is 24.2 Å². The van der Waals surface area contributed by atoms with Crippen LogP contribution in [0.3, 0.4) is 0 Å². The second-order valence-electron chi connectivity index (χ2n) is 7.27. The number of halogens is 3. The van der Waals surface area contributed by atoms with Crippen LogP contribution in [-0.4, -0.2) is 44.1 Å². The van der Waals surface area contributed by atoms with Gasteiger partial charge in [0.05, 0.1) is 25.3 Å². The Morgan fingerprint density at radius 3 is 2.47 bits per heavy atom. The lowest BCUT2D eigenvalue weighted by Gasteiger charge is -2.28. The third-order valence-electron chi connectivity index (χ3n) is 5.22. The summed E-state index contributed by atoms with van der Waals surface area (Å²) < 4.78 is 43.7. The number of hydrogen-bond donors (Lipinski definition) is 2. The van der Waals surface area contributed by atoms with Gasteiger partial charge in [-0.15, -0.1) is 0 Å². The number of rotatable bonds is 8. The van der Waals surface area contributed by atoms with Crippen LogP contribution in [0.5, 0.6) is 5.75 Å². The predicted molar refractivity (Wildman–Crippen MR) is 109 cm³/mol. The highest BCUT2D eigenvalue weighted by Crippen LogP contribution is 2.30. The van der Waals surface area contributed by atoms with Crippen LogP contribution in [0.25, 0.3) is 0 Å². The molecule has 1 aliphatic rings. The second-order valence-corrected chi connectivity index (χ2v) is 7.27. The maximum absolute atomic E-state index is 12.8. The molecule has 3 rings (SSSR count). The fourth-order valence-electron chi connectivity index (χ4n) is 3.60. The predicted octanol–water partition coefficient (Wildman–Crippen LogP) is 4.08. The van der Waals surface area contributed by atoms with Crippen molar-refractivity contribution in [2.75, 3.05) is 38.6 Å². The van der Waals surface area contributed by atoms with Crippen LogP contribution in [0.15, 0.2) is 48.5 Å². The topological polar surface area (TPSA) is 53.6 Å². The molecule has 1 aliphatic heterocycles. The van der Waals surface area contributed by atoms with Gasteiger partial charge in [-0.1, -0.05) is 18.2 Å². The molecule has 5 nitrogen and oxygen atoms in total. The minimum absolute atomic E-state index is 0.0379. The van der Waals surface area contributed by atoms with E-state index in [2.05, 4.69) is 15.5 Å². The Labute approximate surface area is 174 Å². The molecule has 162 valence electrons. The van der Waals surface area contributed by atoms with E-state index in [1.54, 1.807) is 7.11 Å². The van der Waals surface area contributed by atoms with Crippen LogP contribution < -0.4 is 15.4 Å². The van der Waals surface area contributed by atoms with Crippen molar-refractivity contribution in [3.05, 3.63) is 59.7 Å². The molecule has 0 saturated carbocycles. The van der Waals surface area contributed by atoms with Gasteiger partial charge in [-0.2, -0.15) is 13.2 Å². The number of amides is 1. The highest BCUT2D eigenvalue weighted by molar-refractivity contribution is 5.80. The third kappa shape index (κ3) is 5.89. The van der Waals surface area contributed by atoms with Gasteiger partial charge in [0.25, 0.3) is 0 Å². The van der Waals surface area contributed by atoms with Gasteiger partial charge in [-0.3, -0.25) is 9.69 Å². The third-order valence-corrected chi connectivity index (χ3v) is 5.22. The molecule has 2 aromatic carbocycles. The summed E-state index contributed by atoms with van der Waals surface area (Å²) in [6.45, 7) is 2.26. The summed E-state index contributed by atoms with van der Waals surface area (Å²) in [5, 5.41) is 5.67. The Balaban J connectivity index is 1.57.